The molecule has 26 heavy (non-hydrogen) atoms. The number of hydrogen-bond donors (Lipinski definition) is 1. The van der Waals surface area contributed by atoms with Crippen LogP contribution in [-0.2, 0) is 11.3 Å². The Kier molecular flexibility index (Phi) is 4.73. The molecule has 1 saturated heterocycles. The molecule has 0 spiro atoms. The molecule has 0 bridgehead atoms. The summed E-state index contributed by atoms with van der Waals surface area (Å²) >= 11 is 0. The van der Waals surface area contributed by atoms with Crippen LogP contribution in [-0.4, -0.2) is 59.6 Å². The molecule has 2 N–H and O–H groups in total. The number of methoxy groups -OCH3 is 1. The smallest absolute Gasteiger partial charge is 0.196 e. The van der Waals surface area contributed by atoms with E-state index in [-0.39, 0.29) is 0 Å². The monoisotopic (exact) mass is 359 g/mol. The maximum atomic E-state index is 5.95. The normalized spacial score (nSPS) is 23.2. The fourth-order valence-corrected chi connectivity index (χ4v) is 3.63. The lowest BCUT2D eigenvalue weighted by Crippen LogP contribution is -2.47. The van der Waals surface area contributed by atoms with Crippen molar-refractivity contribution >= 4 is 11.6 Å². The molecule has 4 rings (SSSR count). The van der Waals surface area contributed by atoms with Crippen LogP contribution in [0.3, 0.4) is 0 Å². The van der Waals surface area contributed by atoms with E-state index in [1.807, 2.05) is 6.92 Å². The van der Waals surface area contributed by atoms with E-state index in [1.54, 1.807) is 7.11 Å². The molecule has 0 amide bonds. The predicted octanol–water partition coefficient (Wildman–Crippen LogP) is 0.846. The van der Waals surface area contributed by atoms with Crippen LogP contribution in [0.2, 0.25) is 0 Å². The van der Waals surface area contributed by atoms with Gasteiger partial charge in [-0.3, -0.25) is 0 Å². The standard InChI is InChI=1S/C17H25N7O2/c1-11-17(22-26-21-11)24-5-3-23(4-6-24)16-9-14(12-7-13(18)8-12)19-15(20-16)10-25-2/h9,12-13H,3-8,10,18H2,1-2H3. The van der Waals surface area contributed by atoms with E-state index < -0.39 is 0 Å². The molecular formula is C17H25N7O2. The first kappa shape index (κ1) is 17.2. The summed E-state index contributed by atoms with van der Waals surface area (Å²) in [7, 11) is 1.67. The van der Waals surface area contributed by atoms with E-state index in [0.29, 0.717) is 18.6 Å². The van der Waals surface area contributed by atoms with Gasteiger partial charge in [0.15, 0.2) is 11.6 Å². The molecule has 2 fully saturated rings. The second-order valence-corrected chi connectivity index (χ2v) is 7.08. The molecule has 2 aromatic rings. The Hall–Kier alpha value is -2.26. The molecule has 0 unspecified atom stereocenters. The average Bonchev–Trinajstić information content (AvgIpc) is 3.05. The molecule has 140 valence electrons. The Bertz CT molecular complexity index is 751. The van der Waals surface area contributed by atoms with E-state index in [2.05, 4.69) is 31.2 Å². The number of anilines is 2. The summed E-state index contributed by atoms with van der Waals surface area (Å²) in [6.07, 6.45) is 1.99. The summed E-state index contributed by atoms with van der Waals surface area (Å²) in [4.78, 5) is 13.9. The van der Waals surface area contributed by atoms with Crippen molar-refractivity contribution in [2.24, 2.45) is 5.73 Å². The lowest BCUT2D eigenvalue weighted by atomic mass is 9.78. The summed E-state index contributed by atoms with van der Waals surface area (Å²) in [6, 6.07) is 2.42. The van der Waals surface area contributed by atoms with Crippen molar-refractivity contribution in [3.8, 4) is 0 Å². The van der Waals surface area contributed by atoms with E-state index in [4.69, 9.17) is 20.1 Å². The number of aryl methyl sites for hydroxylation is 1. The highest BCUT2D eigenvalue weighted by Gasteiger charge is 2.30. The minimum atomic E-state index is 0.298. The minimum Gasteiger partial charge on any atom is -0.377 e. The number of hydrogen-bond acceptors (Lipinski definition) is 9. The second kappa shape index (κ2) is 7.16. The Labute approximate surface area is 152 Å². The van der Waals surface area contributed by atoms with Crippen LogP contribution in [0.15, 0.2) is 10.7 Å². The van der Waals surface area contributed by atoms with Gasteiger partial charge in [0.05, 0.1) is 0 Å². The second-order valence-electron chi connectivity index (χ2n) is 7.08. The Morgan fingerprint density at radius 2 is 1.88 bits per heavy atom. The molecular weight excluding hydrogens is 334 g/mol. The quantitative estimate of drug-likeness (QED) is 0.831. The van der Waals surface area contributed by atoms with E-state index >= 15 is 0 Å². The van der Waals surface area contributed by atoms with Crippen LogP contribution in [0.1, 0.15) is 36.0 Å². The van der Waals surface area contributed by atoms with E-state index in [0.717, 1.165) is 67.9 Å². The van der Waals surface area contributed by atoms with Crippen molar-refractivity contribution in [2.75, 3.05) is 43.1 Å². The van der Waals surface area contributed by atoms with Crippen molar-refractivity contribution < 1.29 is 9.37 Å². The number of nitrogens with zero attached hydrogens (tertiary/aromatic N) is 6. The van der Waals surface area contributed by atoms with Gasteiger partial charge in [-0.2, -0.15) is 0 Å². The SMILES string of the molecule is COCc1nc(C2CC(N)C2)cc(N2CCN(c3nonc3C)CC2)n1. The zero-order chi connectivity index (χ0) is 18.1. The Morgan fingerprint density at radius 3 is 2.50 bits per heavy atom. The maximum absolute atomic E-state index is 5.95. The number of rotatable bonds is 5. The third-order valence-electron chi connectivity index (χ3n) is 5.18. The van der Waals surface area contributed by atoms with E-state index in [9.17, 15) is 0 Å². The topological polar surface area (TPSA) is 106 Å². The zero-order valence-electron chi connectivity index (χ0n) is 15.3. The molecule has 2 aromatic heterocycles. The number of piperazine rings is 1. The number of aromatic nitrogens is 4. The van der Waals surface area contributed by atoms with Crippen LogP contribution >= 0.6 is 0 Å². The third kappa shape index (κ3) is 3.36. The van der Waals surface area contributed by atoms with Crippen molar-refractivity contribution in [3.63, 3.8) is 0 Å². The van der Waals surface area contributed by atoms with Crippen molar-refractivity contribution in [1.82, 2.24) is 20.3 Å². The first-order valence-electron chi connectivity index (χ1n) is 9.05. The summed E-state index contributed by atoms with van der Waals surface area (Å²) < 4.78 is 10.1. The van der Waals surface area contributed by atoms with Gasteiger partial charge in [-0.15, -0.1) is 0 Å². The van der Waals surface area contributed by atoms with Crippen LogP contribution in [0.5, 0.6) is 0 Å². The highest BCUT2D eigenvalue weighted by atomic mass is 16.6. The fourth-order valence-electron chi connectivity index (χ4n) is 3.63. The lowest BCUT2D eigenvalue weighted by Gasteiger charge is -2.36. The lowest BCUT2D eigenvalue weighted by molar-refractivity contribution is 0.177. The predicted molar refractivity (Wildman–Crippen MR) is 96.2 cm³/mol. The molecule has 0 radical (unpaired) electrons. The largest absolute Gasteiger partial charge is 0.377 e. The average molecular weight is 359 g/mol. The van der Waals surface area contributed by atoms with Gasteiger partial charge >= 0.3 is 0 Å². The fraction of sp³-hybridized carbons (Fsp3) is 0.647. The summed E-state index contributed by atoms with van der Waals surface area (Å²) in [5.74, 6) is 2.97. The number of ether oxygens (including phenoxy) is 1. The molecule has 1 aliphatic heterocycles. The highest BCUT2D eigenvalue weighted by molar-refractivity contribution is 5.47. The van der Waals surface area contributed by atoms with Gasteiger partial charge in [0.2, 0.25) is 0 Å². The highest BCUT2D eigenvalue weighted by Crippen LogP contribution is 2.35. The maximum Gasteiger partial charge on any atom is 0.196 e. The van der Waals surface area contributed by atoms with Gasteiger partial charge < -0.3 is 20.3 Å². The molecule has 1 saturated carbocycles. The van der Waals surface area contributed by atoms with Crippen LogP contribution < -0.4 is 15.5 Å². The molecule has 1 aliphatic carbocycles. The molecule has 2 aliphatic rings. The van der Waals surface area contributed by atoms with Crippen molar-refractivity contribution in [3.05, 3.63) is 23.3 Å². The Morgan fingerprint density at radius 1 is 1.15 bits per heavy atom. The molecule has 3 heterocycles. The van der Waals surface area contributed by atoms with Crippen LogP contribution in [0, 0.1) is 6.92 Å². The Balaban J connectivity index is 1.49. The van der Waals surface area contributed by atoms with Crippen LogP contribution in [0.4, 0.5) is 11.6 Å². The van der Waals surface area contributed by atoms with Gasteiger partial charge in [0.1, 0.15) is 18.1 Å². The molecule has 9 nitrogen and oxygen atoms in total. The molecule has 0 aromatic carbocycles. The van der Waals surface area contributed by atoms with Gasteiger partial charge in [0, 0.05) is 57.0 Å². The summed E-state index contributed by atoms with van der Waals surface area (Å²) in [6.45, 7) is 5.75. The van der Waals surface area contributed by atoms with Gasteiger partial charge in [-0.25, -0.2) is 14.6 Å². The first-order valence-corrected chi connectivity index (χ1v) is 9.05. The molecule has 9 heteroatoms. The summed E-state index contributed by atoms with van der Waals surface area (Å²) in [5, 5.41) is 7.87. The third-order valence-corrected chi connectivity index (χ3v) is 5.18. The van der Waals surface area contributed by atoms with Gasteiger partial charge in [-0.05, 0) is 24.9 Å². The van der Waals surface area contributed by atoms with E-state index in [1.165, 1.54) is 0 Å². The zero-order valence-corrected chi connectivity index (χ0v) is 15.3. The first-order chi connectivity index (χ1) is 12.6. The van der Waals surface area contributed by atoms with Crippen LogP contribution in [0.25, 0.3) is 0 Å². The molecule has 0 atom stereocenters. The van der Waals surface area contributed by atoms with Crippen molar-refractivity contribution in [1.29, 1.82) is 0 Å². The van der Waals surface area contributed by atoms with Crippen molar-refractivity contribution in [2.45, 2.75) is 38.3 Å². The summed E-state index contributed by atoms with van der Waals surface area (Å²) in [5.41, 5.74) is 7.87. The van der Waals surface area contributed by atoms with Gasteiger partial charge in [-0.1, -0.05) is 5.16 Å². The van der Waals surface area contributed by atoms with Gasteiger partial charge in [0.25, 0.3) is 0 Å². The minimum absolute atomic E-state index is 0.298. The number of nitrogens with two attached hydrogens (primary N) is 1.